The monoisotopic (exact) mass is 269 g/mol. The average molecular weight is 269 g/mol. The average Bonchev–Trinajstić information content (AvgIpc) is 2.70. The second-order valence-corrected chi connectivity index (χ2v) is 5.95. The van der Waals surface area contributed by atoms with Crippen LogP contribution in [0.1, 0.15) is 59.3 Å². The standard InChI is InChI=1S/C16H35N3/c1-4-18(5-2)13-14-19(6-3)16(15-17)11-9-7-8-10-12-16/h4-15,17H2,1-3H3. The van der Waals surface area contributed by atoms with E-state index in [0.717, 1.165) is 26.2 Å². The predicted molar refractivity (Wildman–Crippen MR) is 84.5 cm³/mol. The van der Waals surface area contributed by atoms with Crippen LogP contribution in [0.2, 0.25) is 0 Å². The van der Waals surface area contributed by atoms with E-state index < -0.39 is 0 Å². The third-order valence-electron chi connectivity index (χ3n) is 5.05. The van der Waals surface area contributed by atoms with Gasteiger partial charge in [0.1, 0.15) is 0 Å². The van der Waals surface area contributed by atoms with Gasteiger partial charge >= 0.3 is 0 Å². The number of rotatable bonds is 8. The summed E-state index contributed by atoms with van der Waals surface area (Å²) in [7, 11) is 0. The minimum Gasteiger partial charge on any atom is -0.329 e. The molecule has 0 aromatic rings. The van der Waals surface area contributed by atoms with Gasteiger partial charge in [0.05, 0.1) is 0 Å². The van der Waals surface area contributed by atoms with Crippen LogP contribution in [0, 0.1) is 0 Å². The molecular formula is C16H35N3. The quantitative estimate of drug-likeness (QED) is 0.688. The molecule has 0 unspecified atom stereocenters. The van der Waals surface area contributed by atoms with Crippen LogP contribution in [0.3, 0.4) is 0 Å². The maximum Gasteiger partial charge on any atom is 0.0332 e. The minimum atomic E-state index is 0.290. The van der Waals surface area contributed by atoms with Crippen molar-refractivity contribution in [2.75, 3.05) is 39.3 Å². The van der Waals surface area contributed by atoms with Gasteiger partial charge in [0.15, 0.2) is 0 Å². The summed E-state index contributed by atoms with van der Waals surface area (Å²) in [6.07, 6.45) is 8.12. The van der Waals surface area contributed by atoms with Gasteiger partial charge in [0.25, 0.3) is 0 Å². The Morgan fingerprint density at radius 1 is 0.842 bits per heavy atom. The molecule has 3 heteroatoms. The summed E-state index contributed by atoms with van der Waals surface area (Å²) in [4.78, 5) is 5.19. The van der Waals surface area contributed by atoms with Gasteiger partial charge in [-0.1, -0.05) is 46.5 Å². The largest absolute Gasteiger partial charge is 0.329 e. The topological polar surface area (TPSA) is 32.5 Å². The molecule has 0 atom stereocenters. The van der Waals surface area contributed by atoms with Crippen molar-refractivity contribution < 1.29 is 0 Å². The lowest BCUT2D eigenvalue weighted by molar-refractivity contribution is 0.0719. The summed E-state index contributed by atoms with van der Waals surface area (Å²) >= 11 is 0. The zero-order chi connectivity index (χ0) is 14.1. The molecule has 1 saturated carbocycles. The Labute approximate surface area is 120 Å². The molecule has 0 spiro atoms. The zero-order valence-electron chi connectivity index (χ0n) is 13.5. The van der Waals surface area contributed by atoms with E-state index in [1.165, 1.54) is 51.6 Å². The maximum atomic E-state index is 6.20. The molecule has 1 aliphatic carbocycles. The van der Waals surface area contributed by atoms with Crippen molar-refractivity contribution in [3.05, 3.63) is 0 Å². The first-order valence-corrected chi connectivity index (χ1v) is 8.39. The van der Waals surface area contributed by atoms with Crippen LogP contribution in [0.5, 0.6) is 0 Å². The van der Waals surface area contributed by atoms with Crippen molar-refractivity contribution in [3.63, 3.8) is 0 Å². The van der Waals surface area contributed by atoms with Gasteiger partial charge in [-0.2, -0.15) is 0 Å². The van der Waals surface area contributed by atoms with Crippen molar-refractivity contribution >= 4 is 0 Å². The summed E-state index contributed by atoms with van der Waals surface area (Å²) in [6, 6.07) is 0. The number of hydrogen-bond acceptors (Lipinski definition) is 3. The maximum absolute atomic E-state index is 6.20. The van der Waals surface area contributed by atoms with E-state index in [9.17, 15) is 0 Å². The molecule has 0 aliphatic heterocycles. The molecule has 1 fully saturated rings. The highest BCUT2D eigenvalue weighted by Gasteiger charge is 2.34. The van der Waals surface area contributed by atoms with Crippen molar-refractivity contribution in [1.82, 2.24) is 9.80 Å². The summed E-state index contributed by atoms with van der Waals surface area (Å²) in [5, 5.41) is 0. The lowest BCUT2D eigenvalue weighted by atomic mass is 9.88. The normalized spacial score (nSPS) is 19.9. The molecule has 0 saturated heterocycles. The Morgan fingerprint density at radius 2 is 1.42 bits per heavy atom. The third kappa shape index (κ3) is 4.73. The second-order valence-electron chi connectivity index (χ2n) is 5.95. The SMILES string of the molecule is CCN(CC)CCN(CC)C1(CN)CCCCCC1. The summed E-state index contributed by atoms with van der Waals surface area (Å²) in [5.41, 5.74) is 6.49. The zero-order valence-corrected chi connectivity index (χ0v) is 13.5. The lowest BCUT2D eigenvalue weighted by Gasteiger charge is -2.43. The van der Waals surface area contributed by atoms with E-state index in [0.29, 0.717) is 5.54 Å². The van der Waals surface area contributed by atoms with Crippen LogP contribution in [-0.2, 0) is 0 Å². The molecule has 3 nitrogen and oxygen atoms in total. The summed E-state index contributed by atoms with van der Waals surface area (Å²) in [6.45, 7) is 13.4. The molecule has 0 amide bonds. The molecule has 1 rings (SSSR count). The number of hydrogen-bond donors (Lipinski definition) is 1. The number of likely N-dealkylation sites (N-methyl/N-ethyl adjacent to an activating group) is 2. The Hall–Kier alpha value is -0.120. The van der Waals surface area contributed by atoms with Gasteiger partial charge in [-0.25, -0.2) is 0 Å². The lowest BCUT2D eigenvalue weighted by Crippen LogP contribution is -2.55. The minimum absolute atomic E-state index is 0.290. The van der Waals surface area contributed by atoms with Gasteiger partial charge in [0, 0.05) is 25.2 Å². The van der Waals surface area contributed by atoms with Crippen LogP contribution >= 0.6 is 0 Å². The fraction of sp³-hybridized carbons (Fsp3) is 1.00. The first kappa shape index (κ1) is 16.9. The van der Waals surface area contributed by atoms with Crippen LogP contribution in [0.25, 0.3) is 0 Å². The Balaban J connectivity index is 2.62. The fourth-order valence-electron chi connectivity index (χ4n) is 3.57. The molecule has 0 aromatic carbocycles. The van der Waals surface area contributed by atoms with Crippen molar-refractivity contribution in [2.24, 2.45) is 5.73 Å². The molecule has 19 heavy (non-hydrogen) atoms. The predicted octanol–water partition coefficient (Wildman–Crippen LogP) is 2.70. The van der Waals surface area contributed by atoms with Crippen molar-refractivity contribution in [1.29, 1.82) is 0 Å². The van der Waals surface area contributed by atoms with E-state index in [2.05, 4.69) is 30.6 Å². The molecule has 0 heterocycles. The molecule has 2 N–H and O–H groups in total. The molecule has 114 valence electrons. The highest BCUT2D eigenvalue weighted by molar-refractivity contribution is 4.93. The molecule has 0 aromatic heterocycles. The van der Waals surface area contributed by atoms with Gasteiger partial charge < -0.3 is 10.6 Å². The van der Waals surface area contributed by atoms with Gasteiger partial charge in [-0.15, -0.1) is 0 Å². The van der Waals surface area contributed by atoms with Crippen LogP contribution < -0.4 is 5.73 Å². The highest BCUT2D eigenvalue weighted by Crippen LogP contribution is 2.31. The highest BCUT2D eigenvalue weighted by atomic mass is 15.2. The van der Waals surface area contributed by atoms with E-state index in [1.54, 1.807) is 0 Å². The first-order valence-electron chi connectivity index (χ1n) is 8.39. The van der Waals surface area contributed by atoms with E-state index in [4.69, 9.17) is 5.73 Å². The van der Waals surface area contributed by atoms with Gasteiger partial charge in [-0.3, -0.25) is 4.90 Å². The Morgan fingerprint density at radius 3 is 1.84 bits per heavy atom. The van der Waals surface area contributed by atoms with Gasteiger partial charge in [0.2, 0.25) is 0 Å². The van der Waals surface area contributed by atoms with E-state index in [-0.39, 0.29) is 0 Å². The van der Waals surface area contributed by atoms with Crippen LogP contribution in [-0.4, -0.2) is 54.6 Å². The Kier molecular flexibility index (Phi) is 7.96. The Bertz CT molecular complexity index is 218. The molecular weight excluding hydrogens is 234 g/mol. The van der Waals surface area contributed by atoms with Crippen LogP contribution in [0.4, 0.5) is 0 Å². The smallest absolute Gasteiger partial charge is 0.0332 e. The van der Waals surface area contributed by atoms with E-state index >= 15 is 0 Å². The molecule has 0 radical (unpaired) electrons. The third-order valence-corrected chi connectivity index (χ3v) is 5.05. The number of nitrogens with zero attached hydrogens (tertiary/aromatic N) is 2. The molecule has 1 aliphatic rings. The summed E-state index contributed by atoms with van der Waals surface area (Å²) < 4.78 is 0. The van der Waals surface area contributed by atoms with E-state index in [1.807, 2.05) is 0 Å². The second kappa shape index (κ2) is 8.93. The summed E-state index contributed by atoms with van der Waals surface area (Å²) in [5.74, 6) is 0. The number of nitrogens with two attached hydrogens (primary N) is 1. The van der Waals surface area contributed by atoms with Gasteiger partial charge in [-0.05, 0) is 32.5 Å². The first-order chi connectivity index (χ1) is 9.22. The van der Waals surface area contributed by atoms with Crippen LogP contribution in [0.15, 0.2) is 0 Å². The van der Waals surface area contributed by atoms with Crippen molar-refractivity contribution in [3.8, 4) is 0 Å². The molecule has 0 bridgehead atoms. The van der Waals surface area contributed by atoms with Crippen molar-refractivity contribution in [2.45, 2.75) is 64.8 Å². The fourth-order valence-corrected chi connectivity index (χ4v) is 3.57.